The first-order chi connectivity index (χ1) is 35.5. The molecule has 0 bridgehead atoms. The van der Waals surface area contributed by atoms with E-state index < -0.39 is 6.10 Å². The fraction of sp³-hybridized carbons (Fsp3) is 0.742. The van der Waals surface area contributed by atoms with Crippen LogP contribution in [0.3, 0.4) is 0 Å². The Labute approximate surface area is 445 Å². The molecule has 0 fully saturated rings. The Kier molecular flexibility index (Phi) is 57.3. The summed E-state index contributed by atoms with van der Waals surface area (Å²) in [5.74, 6) is -0.897. The Morgan fingerprint density at radius 3 is 0.847 bits per heavy atom. The van der Waals surface area contributed by atoms with Crippen molar-refractivity contribution in [2.24, 2.45) is 0 Å². The molecule has 0 spiro atoms. The van der Waals surface area contributed by atoms with Gasteiger partial charge in [0, 0.05) is 19.3 Å². The van der Waals surface area contributed by atoms with E-state index in [0.717, 1.165) is 116 Å². The molecule has 6 nitrogen and oxygen atoms in total. The van der Waals surface area contributed by atoms with Gasteiger partial charge in [0.2, 0.25) is 0 Å². The van der Waals surface area contributed by atoms with E-state index in [-0.39, 0.29) is 31.1 Å². The van der Waals surface area contributed by atoms with Crippen molar-refractivity contribution in [1.29, 1.82) is 0 Å². The van der Waals surface area contributed by atoms with Gasteiger partial charge in [0.1, 0.15) is 13.2 Å². The van der Waals surface area contributed by atoms with Crippen molar-refractivity contribution < 1.29 is 28.6 Å². The van der Waals surface area contributed by atoms with Crippen molar-refractivity contribution in [3.63, 3.8) is 0 Å². The highest BCUT2D eigenvalue weighted by atomic mass is 16.6. The second-order valence-electron chi connectivity index (χ2n) is 20.2. The van der Waals surface area contributed by atoms with Crippen molar-refractivity contribution in [3.8, 4) is 0 Å². The van der Waals surface area contributed by atoms with E-state index in [2.05, 4.69) is 106 Å². The quantitative estimate of drug-likeness (QED) is 0.0261. The molecule has 0 radical (unpaired) electrons. The summed E-state index contributed by atoms with van der Waals surface area (Å²) in [7, 11) is 0. The van der Waals surface area contributed by atoms with Crippen LogP contribution in [0, 0.1) is 0 Å². The van der Waals surface area contributed by atoms with Gasteiger partial charge in [-0.15, -0.1) is 0 Å². The van der Waals surface area contributed by atoms with Crippen molar-refractivity contribution in [2.75, 3.05) is 13.2 Å². The largest absolute Gasteiger partial charge is 0.462 e. The Morgan fingerprint density at radius 1 is 0.292 bits per heavy atom. The summed E-state index contributed by atoms with van der Waals surface area (Å²) < 4.78 is 16.9. The minimum Gasteiger partial charge on any atom is -0.462 e. The summed E-state index contributed by atoms with van der Waals surface area (Å²) in [5.41, 5.74) is 0. The number of esters is 3. The fourth-order valence-corrected chi connectivity index (χ4v) is 8.56. The molecule has 0 aliphatic carbocycles. The Hall–Kier alpha value is -3.41. The second kappa shape index (κ2) is 60.1. The topological polar surface area (TPSA) is 78.9 Å². The minimum atomic E-state index is -0.787. The van der Waals surface area contributed by atoms with E-state index in [4.69, 9.17) is 14.2 Å². The zero-order valence-electron chi connectivity index (χ0n) is 47.4. The van der Waals surface area contributed by atoms with Crippen LogP contribution in [0.5, 0.6) is 0 Å². The number of carbonyl (C=O) groups excluding carboxylic acids is 3. The predicted octanol–water partition coefficient (Wildman–Crippen LogP) is 20.7. The minimum absolute atomic E-state index is 0.0831. The van der Waals surface area contributed by atoms with Crippen LogP contribution in [0.25, 0.3) is 0 Å². The molecule has 0 saturated heterocycles. The molecular weight excluding hydrogens is 889 g/mol. The van der Waals surface area contributed by atoms with Gasteiger partial charge >= 0.3 is 17.9 Å². The summed E-state index contributed by atoms with van der Waals surface area (Å²) in [4.78, 5) is 38.2. The molecule has 6 heteroatoms. The average Bonchev–Trinajstić information content (AvgIpc) is 3.38. The molecule has 0 N–H and O–H groups in total. The zero-order chi connectivity index (χ0) is 52.2. The lowest BCUT2D eigenvalue weighted by Gasteiger charge is -2.18. The molecule has 0 rings (SSSR count). The van der Waals surface area contributed by atoms with Gasteiger partial charge in [-0.2, -0.15) is 0 Å². The maximum atomic E-state index is 12.9. The van der Waals surface area contributed by atoms with Gasteiger partial charge in [-0.05, 0) is 96.3 Å². The molecule has 0 heterocycles. The number of carbonyl (C=O) groups is 3. The van der Waals surface area contributed by atoms with Gasteiger partial charge in [0.25, 0.3) is 0 Å². The number of hydrogen-bond donors (Lipinski definition) is 0. The molecule has 414 valence electrons. The standard InChI is InChI=1S/C66H114O6/c1-4-7-10-13-16-19-22-24-26-28-30-32-33-35-36-38-40-42-44-47-50-53-56-59-65(68)71-62-63(61-70-64(67)58-55-52-49-46-21-18-15-12-9-6-3)72-66(69)60-57-54-51-48-45-43-41-39-37-34-31-29-27-25-23-20-17-14-11-8-5-2/h8,11,17,20,22,24-25,27-28,30-31,34,39,41,63H,4-7,9-10,12-16,18-19,21,23,26,29,32-33,35-38,40,42-62H2,1-3H3/b11-8-,20-17-,24-22-,27-25-,30-28-,34-31-,41-39-. The molecular formula is C66H114O6. The van der Waals surface area contributed by atoms with Crippen LogP contribution in [-0.2, 0) is 28.6 Å². The van der Waals surface area contributed by atoms with Crippen molar-refractivity contribution in [3.05, 3.63) is 85.1 Å². The van der Waals surface area contributed by atoms with E-state index in [1.165, 1.54) is 141 Å². The van der Waals surface area contributed by atoms with Crippen LogP contribution in [0.4, 0.5) is 0 Å². The van der Waals surface area contributed by atoms with E-state index in [9.17, 15) is 14.4 Å². The highest BCUT2D eigenvalue weighted by Gasteiger charge is 2.19. The van der Waals surface area contributed by atoms with Crippen molar-refractivity contribution in [2.45, 2.75) is 303 Å². The van der Waals surface area contributed by atoms with Gasteiger partial charge < -0.3 is 14.2 Å². The summed E-state index contributed by atoms with van der Waals surface area (Å²) in [6.45, 7) is 6.51. The third kappa shape index (κ3) is 57.5. The summed E-state index contributed by atoms with van der Waals surface area (Å²) in [6, 6.07) is 0. The third-order valence-electron chi connectivity index (χ3n) is 13.1. The van der Waals surface area contributed by atoms with E-state index >= 15 is 0 Å². The second-order valence-corrected chi connectivity index (χ2v) is 20.2. The van der Waals surface area contributed by atoms with Crippen LogP contribution in [0.15, 0.2) is 85.1 Å². The predicted molar refractivity (Wildman–Crippen MR) is 311 cm³/mol. The fourth-order valence-electron chi connectivity index (χ4n) is 8.56. The number of hydrogen-bond acceptors (Lipinski definition) is 6. The molecule has 1 atom stereocenters. The Morgan fingerprint density at radius 2 is 0.542 bits per heavy atom. The van der Waals surface area contributed by atoms with Gasteiger partial charge in [-0.3, -0.25) is 14.4 Å². The summed E-state index contributed by atoms with van der Waals surface area (Å²) >= 11 is 0. The number of rotatable bonds is 55. The first-order valence-electron chi connectivity index (χ1n) is 30.6. The lowest BCUT2D eigenvalue weighted by Crippen LogP contribution is -2.30. The van der Waals surface area contributed by atoms with E-state index in [1.54, 1.807) is 0 Å². The molecule has 0 saturated carbocycles. The van der Waals surface area contributed by atoms with Crippen molar-refractivity contribution >= 4 is 17.9 Å². The first-order valence-corrected chi connectivity index (χ1v) is 30.6. The van der Waals surface area contributed by atoms with Crippen LogP contribution >= 0.6 is 0 Å². The Balaban J connectivity index is 4.31. The summed E-state index contributed by atoms with van der Waals surface area (Å²) in [6.07, 6.45) is 78.7. The highest BCUT2D eigenvalue weighted by molar-refractivity contribution is 5.71. The summed E-state index contributed by atoms with van der Waals surface area (Å²) in [5, 5.41) is 0. The first kappa shape index (κ1) is 68.6. The average molecular weight is 1000 g/mol. The number of unbranched alkanes of at least 4 members (excludes halogenated alkanes) is 30. The molecule has 0 aliphatic rings. The van der Waals surface area contributed by atoms with Crippen LogP contribution < -0.4 is 0 Å². The monoisotopic (exact) mass is 1000 g/mol. The van der Waals surface area contributed by atoms with Crippen molar-refractivity contribution in [1.82, 2.24) is 0 Å². The molecule has 0 aliphatic heterocycles. The SMILES string of the molecule is CC/C=C\C/C=C\C/C=C\C/C=C\C/C=C\CCCCCCCC(=O)OC(COC(=O)CCCCCCCCCCCC)COC(=O)CCCCCCCCCCCCC/C=C\C/C=C\CCCCCCC. The van der Waals surface area contributed by atoms with Crippen LogP contribution in [0.1, 0.15) is 297 Å². The third-order valence-corrected chi connectivity index (χ3v) is 13.1. The molecule has 0 amide bonds. The van der Waals surface area contributed by atoms with Gasteiger partial charge in [-0.25, -0.2) is 0 Å². The van der Waals surface area contributed by atoms with Crippen LogP contribution in [-0.4, -0.2) is 37.2 Å². The lowest BCUT2D eigenvalue weighted by molar-refractivity contribution is -0.167. The zero-order valence-corrected chi connectivity index (χ0v) is 47.4. The van der Waals surface area contributed by atoms with E-state index in [0.29, 0.717) is 19.3 Å². The van der Waals surface area contributed by atoms with Gasteiger partial charge in [-0.1, -0.05) is 266 Å². The maximum Gasteiger partial charge on any atom is 0.306 e. The lowest BCUT2D eigenvalue weighted by atomic mass is 10.0. The Bertz CT molecular complexity index is 1380. The maximum absolute atomic E-state index is 12.9. The number of allylic oxidation sites excluding steroid dienone is 14. The molecule has 0 aromatic rings. The normalized spacial score (nSPS) is 12.7. The highest BCUT2D eigenvalue weighted by Crippen LogP contribution is 2.16. The number of ether oxygens (including phenoxy) is 3. The van der Waals surface area contributed by atoms with Crippen LogP contribution in [0.2, 0.25) is 0 Å². The van der Waals surface area contributed by atoms with Gasteiger partial charge in [0.15, 0.2) is 6.10 Å². The van der Waals surface area contributed by atoms with Gasteiger partial charge in [0.05, 0.1) is 0 Å². The molecule has 1 unspecified atom stereocenters. The van der Waals surface area contributed by atoms with E-state index in [1.807, 2.05) is 0 Å². The molecule has 0 aromatic heterocycles. The smallest absolute Gasteiger partial charge is 0.306 e. The molecule has 0 aromatic carbocycles. The molecule has 72 heavy (non-hydrogen) atoms.